The predicted octanol–water partition coefficient (Wildman–Crippen LogP) is 3.62. The summed E-state index contributed by atoms with van der Waals surface area (Å²) in [6, 6.07) is 7.09. The number of benzene rings is 1. The fourth-order valence-corrected chi connectivity index (χ4v) is 3.33. The Balaban J connectivity index is 2.83. The standard InChI is InChI=1S/C22H28ClN3O4/c1-7-29-21(27)17-13(3)24-20(25-14(4)26(5)6)19(22(28)30-8-2)18(17)15-11-9-10-12-16(15)23/h9-12,18,24H,7-8H2,1-6H3. The Morgan fingerprint density at radius 1 is 1.10 bits per heavy atom. The number of carbonyl (C=O) groups is 2. The first kappa shape index (κ1) is 23.5. The van der Waals surface area contributed by atoms with Gasteiger partial charge in [-0.3, -0.25) is 0 Å². The molecule has 1 aromatic rings. The van der Waals surface area contributed by atoms with Crippen molar-refractivity contribution in [3.63, 3.8) is 0 Å². The molecule has 162 valence electrons. The third kappa shape index (κ3) is 5.02. The maximum absolute atomic E-state index is 13.1. The van der Waals surface area contributed by atoms with Crippen molar-refractivity contribution in [3.8, 4) is 0 Å². The minimum absolute atomic E-state index is 0.179. The molecule has 8 heteroatoms. The molecule has 1 N–H and O–H groups in total. The van der Waals surface area contributed by atoms with Crippen molar-refractivity contribution in [2.45, 2.75) is 33.6 Å². The van der Waals surface area contributed by atoms with E-state index in [1.165, 1.54) is 0 Å². The van der Waals surface area contributed by atoms with Crippen LogP contribution in [0.2, 0.25) is 5.02 Å². The van der Waals surface area contributed by atoms with Gasteiger partial charge in [-0.2, -0.15) is 0 Å². The maximum atomic E-state index is 13.1. The highest BCUT2D eigenvalue weighted by molar-refractivity contribution is 6.31. The van der Waals surface area contributed by atoms with Crippen LogP contribution in [0.25, 0.3) is 0 Å². The molecule has 2 rings (SSSR count). The number of hydrogen-bond donors (Lipinski definition) is 1. The molecule has 0 spiro atoms. The van der Waals surface area contributed by atoms with E-state index in [2.05, 4.69) is 10.3 Å². The van der Waals surface area contributed by atoms with Crippen LogP contribution in [-0.2, 0) is 19.1 Å². The van der Waals surface area contributed by atoms with Gasteiger partial charge in [-0.25, -0.2) is 14.6 Å². The average molecular weight is 434 g/mol. The normalized spacial score (nSPS) is 16.9. The van der Waals surface area contributed by atoms with Gasteiger partial charge in [-0.05, 0) is 39.3 Å². The van der Waals surface area contributed by atoms with Crippen LogP contribution in [0.4, 0.5) is 0 Å². The third-order valence-electron chi connectivity index (χ3n) is 4.67. The zero-order valence-corrected chi connectivity index (χ0v) is 19.0. The van der Waals surface area contributed by atoms with E-state index in [1.54, 1.807) is 45.0 Å². The van der Waals surface area contributed by atoms with E-state index in [-0.39, 0.29) is 18.8 Å². The maximum Gasteiger partial charge on any atom is 0.338 e. The molecule has 0 bridgehead atoms. The first-order valence-corrected chi connectivity index (χ1v) is 10.1. The summed E-state index contributed by atoms with van der Waals surface area (Å²) in [6.45, 7) is 7.40. The van der Waals surface area contributed by atoms with E-state index in [0.717, 1.165) is 0 Å². The van der Waals surface area contributed by atoms with Crippen molar-refractivity contribution in [2.24, 2.45) is 4.99 Å². The lowest BCUT2D eigenvalue weighted by molar-refractivity contribution is -0.139. The van der Waals surface area contributed by atoms with Gasteiger partial charge in [0, 0.05) is 24.8 Å². The second-order valence-electron chi connectivity index (χ2n) is 6.87. The van der Waals surface area contributed by atoms with E-state index >= 15 is 0 Å². The molecule has 1 heterocycles. The molecule has 0 aliphatic carbocycles. The molecule has 1 unspecified atom stereocenters. The van der Waals surface area contributed by atoms with Crippen molar-refractivity contribution in [3.05, 3.63) is 57.5 Å². The molecule has 0 aromatic heterocycles. The summed E-state index contributed by atoms with van der Waals surface area (Å²) < 4.78 is 10.6. The van der Waals surface area contributed by atoms with Crippen LogP contribution < -0.4 is 5.32 Å². The van der Waals surface area contributed by atoms with Crippen molar-refractivity contribution in [1.82, 2.24) is 10.2 Å². The summed E-state index contributed by atoms with van der Waals surface area (Å²) in [7, 11) is 3.70. The Hall–Kier alpha value is -2.80. The van der Waals surface area contributed by atoms with Crippen molar-refractivity contribution in [2.75, 3.05) is 27.3 Å². The molecule has 0 radical (unpaired) electrons. The highest BCUT2D eigenvalue weighted by atomic mass is 35.5. The molecule has 30 heavy (non-hydrogen) atoms. The van der Waals surface area contributed by atoms with Crippen LogP contribution in [0, 0.1) is 0 Å². The Labute approximate surface area is 182 Å². The number of nitrogens with one attached hydrogen (secondary N) is 1. The molecule has 1 aromatic carbocycles. The molecule has 1 aliphatic rings. The van der Waals surface area contributed by atoms with E-state index in [0.29, 0.717) is 33.5 Å². The summed E-state index contributed by atoms with van der Waals surface area (Å²) >= 11 is 6.49. The highest BCUT2D eigenvalue weighted by Crippen LogP contribution is 2.42. The topological polar surface area (TPSA) is 80.2 Å². The van der Waals surface area contributed by atoms with E-state index in [4.69, 9.17) is 21.1 Å². The third-order valence-corrected chi connectivity index (χ3v) is 5.01. The minimum Gasteiger partial charge on any atom is -0.463 e. The van der Waals surface area contributed by atoms with Crippen LogP contribution in [0.5, 0.6) is 0 Å². The van der Waals surface area contributed by atoms with Crippen LogP contribution in [0.3, 0.4) is 0 Å². The molecule has 1 aliphatic heterocycles. The van der Waals surface area contributed by atoms with Crippen LogP contribution in [-0.4, -0.2) is 50.0 Å². The van der Waals surface area contributed by atoms with Gasteiger partial charge in [0.05, 0.1) is 30.3 Å². The van der Waals surface area contributed by atoms with Gasteiger partial charge in [0.25, 0.3) is 0 Å². The number of allylic oxidation sites excluding steroid dienone is 1. The summed E-state index contributed by atoms with van der Waals surface area (Å²) in [5.74, 6) is -0.900. The number of ether oxygens (including phenoxy) is 2. The minimum atomic E-state index is -0.785. The average Bonchev–Trinajstić information content (AvgIpc) is 2.68. The number of rotatable bonds is 6. The fraction of sp³-hybridized carbons (Fsp3) is 0.409. The van der Waals surface area contributed by atoms with E-state index < -0.39 is 17.9 Å². The van der Waals surface area contributed by atoms with Gasteiger partial charge in [-0.1, -0.05) is 29.8 Å². The van der Waals surface area contributed by atoms with E-state index in [9.17, 15) is 9.59 Å². The first-order chi connectivity index (χ1) is 14.2. The molecule has 0 saturated heterocycles. The Bertz CT molecular complexity index is 919. The smallest absolute Gasteiger partial charge is 0.338 e. The van der Waals surface area contributed by atoms with Gasteiger partial charge in [0.1, 0.15) is 11.7 Å². The number of dihydropyridines is 1. The van der Waals surface area contributed by atoms with Crippen molar-refractivity contribution >= 4 is 29.4 Å². The Morgan fingerprint density at radius 2 is 1.67 bits per heavy atom. The van der Waals surface area contributed by atoms with E-state index in [1.807, 2.05) is 25.9 Å². The first-order valence-electron chi connectivity index (χ1n) is 9.76. The van der Waals surface area contributed by atoms with Gasteiger partial charge >= 0.3 is 11.9 Å². The zero-order chi connectivity index (χ0) is 22.4. The van der Waals surface area contributed by atoms with Crippen LogP contribution in [0.1, 0.15) is 39.2 Å². The highest BCUT2D eigenvalue weighted by Gasteiger charge is 2.40. The summed E-state index contributed by atoms with van der Waals surface area (Å²) in [5, 5.41) is 3.52. The molecule has 7 nitrogen and oxygen atoms in total. The molecule has 0 fully saturated rings. The number of halogens is 1. The van der Waals surface area contributed by atoms with Gasteiger partial charge in [0.2, 0.25) is 0 Å². The number of nitrogens with zero attached hydrogens (tertiary/aromatic N) is 2. The zero-order valence-electron chi connectivity index (χ0n) is 18.2. The van der Waals surface area contributed by atoms with Crippen molar-refractivity contribution < 1.29 is 19.1 Å². The lowest BCUT2D eigenvalue weighted by Gasteiger charge is -2.30. The van der Waals surface area contributed by atoms with Gasteiger partial charge < -0.3 is 19.7 Å². The summed E-state index contributed by atoms with van der Waals surface area (Å²) in [4.78, 5) is 32.4. The Kier molecular flexibility index (Phi) is 8.06. The van der Waals surface area contributed by atoms with Crippen LogP contribution in [0.15, 0.2) is 51.9 Å². The number of carbonyl (C=O) groups excluding carboxylic acids is 2. The molecular weight excluding hydrogens is 406 g/mol. The molecule has 0 amide bonds. The number of esters is 2. The summed E-state index contributed by atoms with van der Waals surface area (Å²) in [6.07, 6.45) is 0. The van der Waals surface area contributed by atoms with Gasteiger partial charge in [0.15, 0.2) is 0 Å². The molecule has 1 atom stereocenters. The summed E-state index contributed by atoms with van der Waals surface area (Å²) in [5.41, 5.74) is 1.65. The van der Waals surface area contributed by atoms with Crippen molar-refractivity contribution in [1.29, 1.82) is 0 Å². The fourth-order valence-electron chi connectivity index (χ4n) is 3.08. The lowest BCUT2D eigenvalue weighted by Crippen LogP contribution is -2.34. The number of hydrogen-bond acceptors (Lipinski definition) is 6. The van der Waals surface area contributed by atoms with Crippen LogP contribution >= 0.6 is 11.6 Å². The Morgan fingerprint density at radius 3 is 2.20 bits per heavy atom. The van der Waals surface area contributed by atoms with Gasteiger partial charge in [-0.15, -0.1) is 0 Å². The second kappa shape index (κ2) is 10.3. The predicted molar refractivity (Wildman–Crippen MR) is 117 cm³/mol. The monoisotopic (exact) mass is 433 g/mol. The quantitative estimate of drug-likeness (QED) is 0.419. The lowest BCUT2D eigenvalue weighted by atomic mass is 9.81. The second-order valence-corrected chi connectivity index (χ2v) is 7.28. The number of aliphatic imine (C=N–C) groups is 1. The largest absolute Gasteiger partial charge is 0.463 e. The molecule has 0 saturated carbocycles. The molecular formula is C22H28ClN3O4. The SMILES string of the molecule is CCOC(=O)C1=C(C)NC(N=C(C)N(C)C)=C(C(=O)OCC)C1c1ccccc1Cl. The number of amidine groups is 1.